The van der Waals surface area contributed by atoms with Gasteiger partial charge in [-0.15, -0.1) is 0 Å². The Morgan fingerprint density at radius 2 is 1.87 bits per heavy atom. The van der Waals surface area contributed by atoms with E-state index in [4.69, 9.17) is 13.9 Å². The third-order valence-electron chi connectivity index (χ3n) is 3.19. The lowest BCUT2D eigenvalue weighted by Gasteiger charge is -2.16. The quantitative estimate of drug-likeness (QED) is 0.362. The van der Waals surface area contributed by atoms with Crippen LogP contribution >= 0.6 is 7.60 Å². The van der Waals surface area contributed by atoms with Gasteiger partial charge in [-0.3, -0.25) is 4.57 Å². The maximum atomic E-state index is 11.8. The number of hydrogen-bond acceptors (Lipinski definition) is 7. The van der Waals surface area contributed by atoms with Gasteiger partial charge < -0.3 is 24.1 Å². The van der Waals surface area contributed by atoms with E-state index in [0.29, 0.717) is 6.61 Å². The second-order valence-corrected chi connectivity index (χ2v) is 7.36. The zero-order chi connectivity index (χ0) is 17.1. The molecule has 23 heavy (non-hydrogen) atoms. The van der Waals surface area contributed by atoms with E-state index in [1.54, 1.807) is 0 Å². The highest BCUT2D eigenvalue weighted by Crippen LogP contribution is 2.47. The summed E-state index contributed by atoms with van der Waals surface area (Å²) in [7, 11) is -0.551. The first-order valence-electron chi connectivity index (χ1n) is 7.25. The van der Waals surface area contributed by atoms with Crippen molar-refractivity contribution >= 4 is 13.8 Å². The highest BCUT2D eigenvalue weighted by Gasteiger charge is 2.23. The third kappa shape index (κ3) is 8.25. The number of hydrogen-bond donors (Lipinski definition) is 2. The summed E-state index contributed by atoms with van der Waals surface area (Å²) >= 11 is 0. The Morgan fingerprint density at radius 3 is 2.48 bits per heavy atom. The van der Waals surface area contributed by atoms with E-state index in [0.717, 1.165) is 5.56 Å². The van der Waals surface area contributed by atoms with Crippen LogP contribution in [0.4, 0.5) is 0 Å². The summed E-state index contributed by atoms with van der Waals surface area (Å²) in [5.74, 6) is 0. The number of oxime groups is 1. The third-order valence-corrected chi connectivity index (χ3v) is 5.11. The van der Waals surface area contributed by atoms with E-state index in [1.165, 1.54) is 20.4 Å². The molecule has 1 aromatic rings. The molecule has 0 aromatic heterocycles. The number of benzene rings is 1. The van der Waals surface area contributed by atoms with Crippen LogP contribution in [0, 0.1) is 0 Å². The van der Waals surface area contributed by atoms with Crippen LogP contribution < -0.4 is 0 Å². The standard InChI is InChI=1S/C15H24NO6P/c1-20-23(19,21-2)9-8-14(17)10-15(18)11-16-22-12-13-6-4-3-5-7-13/h3-7,11,14-15,17-18H,8-10,12H2,1-2H3/b16-11-/t14-,15-/m1/s1. The highest BCUT2D eigenvalue weighted by molar-refractivity contribution is 7.53. The smallest absolute Gasteiger partial charge is 0.330 e. The minimum atomic E-state index is -3.14. The molecule has 0 aliphatic carbocycles. The largest absolute Gasteiger partial charge is 0.393 e. The fraction of sp³-hybridized carbons (Fsp3) is 0.533. The van der Waals surface area contributed by atoms with Crippen molar-refractivity contribution in [1.82, 2.24) is 0 Å². The van der Waals surface area contributed by atoms with Gasteiger partial charge in [0.05, 0.1) is 24.6 Å². The van der Waals surface area contributed by atoms with Crippen molar-refractivity contribution < 1.29 is 28.7 Å². The molecule has 0 bridgehead atoms. The van der Waals surface area contributed by atoms with Gasteiger partial charge in [0.15, 0.2) is 0 Å². The lowest BCUT2D eigenvalue weighted by Crippen LogP contribution is -2.20. The molecule has 0 saturated carbocycles. The fourth-order valence-corrected chi connectivity index (χ4v) is 2.95. The highest BCUT2D eigenvalue weighted by atomic mass is 31.2. The minimum absolute atomic E-state index is 0.0611. The number of aliphatic hydroxyl groups excluding tert-OH is 2. The molecule has 130 valence electrons. The molecule has 0 aliphatic heterocycles. The maximum Gasteiger partial charge on any atom is 0.330 e. The molecule has 0 amide bonds. The summed E-state index contributed by atoms with van der Waals surface area (Å²) in [6.45, 7) is 0.303. The average molecular weight is 345 g/mol. The molecule has 7 nitrogen and oxygen atoms in total. The number of aliphatic hydroxyl groups is 2. The monoisotopic (exact) mass is 345 g/mol. The van der Waals surface area contributed by atoms with Gasteiger partial charge in [0.1, 0.15) is 6.61 Å². The Hall–Kier alpha value is -1.24. The Balaban J connectivity index is 2.25. The Kier molecular flexibility index (Phi) is 9.06. The Labute approximate surface area is 136 Å². The molecule has 8 heteroatoms. The van der Waals surface area contributed by atoms with Crippen LogP contribution in [0.5, 0.6) is 0 Å². The van der Waals surface area contributed by atoms with Crippen LogP contribution in [0.1, 0.15) is 18.4 Å². The van der Waals surface area contributed by atoms with E-state index in [-0.39, 0.29) is 19.0 Å². The van der Waals surface area contributed by atoms with E-state index < -0.39 is 19.8 Å². The summed E-state index contributed by atoms with van der Waals surface area (Å²) in [5.41, 5.74) is 0.967. The molecule has 1 rings (SSSR count). The molecule has 1 aromatic carbocycles. The summed E-state index contributed by atoms with van der Waals surface area (Å²) in [4.78, 5) is 5.06. The average Bonchev–Trinajstić information content (AvgIpc) is 2.57. The molecule has 2 atom stereocenters. The molecule has 0 unspecified atom stereocenters. The Morgan fingerprint density at radius 1 is 1.22 bits per heavy atom. The van der Waals surface area contributed by atoms with Crippen molar-refractivity contribution in [1.29, 1.82) is 0 Å². The fourth-order valence-electron chi connectivity index (χ4n) is 1.82. The van der Waals surface area contributed by atoms with Crippen molar-refractivity contribution in [2.75, 3.05) is 20.4 Å². The lowest BCUT2D eigenvalue weighted by molar-refractivity contribution is 0.101. The Bertz CT molecular complexity index is 502. The molecule has 2 N–H and O–H groups in total. The normalized spacial score (nSPS) is 14.8. The second-order valence-electron chi connectivity index (χ2n) is 4.96. The molecule has 0 fully saturated rings. The number of rotatable bonds is 11. The zero-order valence-corrected chi connectivity index (χ0v) is 14.3. The molecule has 0 saturated heterocycles. The van der Waals surface area contributed by atoms with Crippen LogP contribution in [0.3, 0.4) is 0 Å². The summed E-state index contributed by atoms with van der Waals surface area (Å²) < 4.78 is 21.4. The van der Waals surface area contributed by atoms with Gasteiger partial charge in [-0.2, -0.15) is 0 Å². The summed E-state index contributed by atoms with van der Waals surface area (Å²) in [6.07, 6.45) is -0.247. The molecule has 0 radical (unpaired) electrons. The predicted octanol–water partition coefficient (Wildman–Crippen LogP) is 2.18. The van der Waals surface area contributed by atoms with E-state index in [1.807, 2.05) is 30.3 Å². The molecule has 0 spiro atoms. The summed E-state index contributed by atoms with van der Waals surface area (Å²) in [6, 6.07) is 9.50. The first-order chi connectivity index (χ1) is 11.0. The molecular weight excluding hydrogens is 321 g/mol. The lowest BCUT2D eigenvalue weighted by atomic mass is 10.1. The minimum Gasteiger partial charge on any atom is -0.393 e. The second kappa shape index (κ2) is 10.5. The van der Waals surface area contributed by atoms with Gasteiger partial charge in [0.25, 0.3) is 0 Å². The van der Waals surface area contributed by atoms with Crippen molar-refractivity contribution in [2.45, 2.75) is 31.7 Å². The van der Waals surface area contributed by atoms with Gasteiger partial charge in [0.2, 0.25) is 0 Å². The maximum absolute atomic E-state index is 11.8. The van der Waals surface area contributed by atoms with Crippen LogP contribution in [-0.4, -0.2) is 49.0 Å². The van der Waals surface area contributed by atoms with E-state index in [2.05, 4.69) is 5.16 Å². The van der Waals surface area contributed by atoms with Crippen molar-refractivity contribution in [2.24, 2.45) is 5.16 Å². The molecule has 0 aliphatic rings. The van der Waals surface area contributed by atoms with E-state index in [9.17, 15) is 14.8 Å². The SMILES string of the molecule is COP(=O)(CC[C@@H](O)C[C@@H](O)/C=N\OCc1ccccc1)OC. The van der Waals surface area contributed by atoms with Crippen molar-refractivity contribution in [3.8, 4) is 0 Å². The first-order valence-corrected chi connectivity index (χ1v) is 8.98. The van der Waals surface area contributed by atoms with Crippen LogP contribution in [0.2, 0.25) is 0 Å². The topological polar surface area (TPSA) is 97.6 Å². The van der Waals surface area contributed by atoms with Crippen LogP contribution in [0.25, 0.3) is 0 Å². The molecule has 0 heterocycles. The molecular formula is C15H24NO6P. The van der Waals surface area contributed by atoms with Gasteiger partial charge in [-0.05, 0) is 12.0 Å². The summed E-state index contributed by atoms with van der Waals surface area (Å²) in [5, 5.41) is 23.2. The first kappa shape index (κ1) is 19.8. The van der Waals surface area contributed by atoms with Gasteiger partial charge in [0, 0.05) is 20.6 Å². The van der Waals surface area contributed by atoms with Gasteiger partial charge >= 0.3 is 7.60 Å². The van der Waals surface area contributed by atoms with Gasteiger partial charge in [-0.25, -0.2) is 0 Å². The number of nitrogens with zero attached hydrogens (tertiary/aromatic N) is 1. The van der Waals surface area contributed by atoms with Crippen LogP contribution in [-0.2, 0) is 25.1 Å². The van der Waals surface area contributed by atoms with Crippen LogP contribution in [0.15, 0.2) is 35.5 Å². The van der Waals surface area contributed by atoms with E-state index >= 15 is 0 Å². The predicted molar refractivity (Wildman–Crippen MR) is 87.5 cm³/mol. The van der Waals surface area contributed by atoms with Gasteiger partial charge in [-0.1, -0.05) is 35.5 Å². The van der Waals surface area contributed by atoms with Crippen molar-refractivity contribution in [3.63, 3.8) is 0 Å². The zero-order valence-electron chi connectivity index (χ0n) is 13.4. The van der Waals surface area contributed by atoms with Crippen molar-refractivity contribution in [3.05, 3.63) is 35.9 Å².